The van der Waals surface area contributed by atoms with Crippen LogP contribution < -0.4 is 10.2 Å². The molecule has 0 unspecified atom stereocenters. The van der Waals surface area contributed by atoms with Crippen molar-refractivity contribution in [2.45, 2.75) is 33.4 Å². The molecule has 7 nitrogen and oxygen atoms in total. The molecule has 0 saturated heterocycles. The number of H-pyrrole nitrogens is 1. The Morgan fingerprint density at radius 1 is 1.14 bits per heavy atom. The second-order valence-corrected chi connectivity index (χ2v) is 6.78. The van der Waals surface area contributed by atoms with Gasteiger partial charge in [-0.15, -0.1) is 0 Å². The second-order valence-electron chi connectivity index (χ2n) is 6.78. The third kappa shape index (κ3) is 2.98. The van der Waals surface area contributed by atoms with Gasteiger partial charge in [0.1, 0.15) is 0 Å². The largest absolute Gasteiger partial charge is 0.338 e. The first-order valence-electron chi connectivity index (χ1n) is 9.53. The average molecular weight is 377 g/mol. The van der Waals surface area contributed by atoms with E-state index >= 15 is 0 Å². The fourth-order valence-electron chi connectivity index (χ4n) is 3.64. The molecule has 0 fully saturated rings. The molecule has 2 N–H and O–H groups in total. The summed E-state index contributed by atoms with van der Waals surface area (Å²) in [7, 11) is 0. The standard InChI is InChI=1S/C21H23N5O2/c1-3-19(27)26(18-11-7-9-14-8-5-6-10-15(14)18)20-16-12-25(21(28)22-4-2)13-17(16)23-24-20/h5-11H,3-4,12-13H2,1-2H3,(H,22,28)(H,23,24). The van der Waals surface area contributed by atoms with Crippen LogP contribution >= 0.6 is 0 Å². The van der Waals surface area contributed by atoms with Crippen LogP contribution in [0.15, 0.2) is 42.5 Å². The number of carbonyl (C=O) groups is 2. The smallest absolute Gasteiger partial charge is 0.318 e. The molecule has 2 aromatic carbocycles. The third-order valence-electron chi connectivity index (χ3n) is 5.02. The van der Waals surface area contributed by atoms with Gasteiger partial charge in [0.15, 0.2) is 5.82 Å². The fourth-order valence-corrected chi connectivity index (χ4v) is 3.64. The maximum absolute atomic E-state index is 13.0. The number of hydrogen-bond acceptors (Lipinski definition) is 3. The molecule has 1 aliphatic rings. The summed E-state index contributed by atoms with van der Waals surface area (Å²) in [6.07, 6.45) is 0.352. The van der Waals surface area contributed by atoms with E-state index in [-0.39, 0.29) is 11.9 Å². The third-order valence-corrected chi connectivity index (χ3v) is 5.02. The lowest BCUT2D eigenvalue weighted by atomic mass is 10.1. The van der Waals surface area contributed by atoms with Crippen LogP contribution in [0, 0.1) is 0 Å². The molecule has 0 spiro atoms. The molecule has 3 aromatic rings. The molecule has 7 heteroatoms. The van der Waals surface area contributed by atoms with Gasteiger partial charge in [-0.2, -0.15) is 5.10 Å². The van der Waals surface area contributed by atoms with Gasteiger partial charge in [0.05, 0.1) is 24.5 Å². The number of benzene rings is 2. The van der Waals surface area contributed by atoms with Crippen LogP contribution in [-0.4, -0.2) is 33.6 Å². The zero-order valence-corrected chi connectivity index (χ0v) is 16.0. The minimum absolute atomic E-state index is 0.0397. The number of hydrogen-bond donors (Lipinski definition) is 2. The minimum Gasteiger partial charge on any atom is -0.338 e. The summed E-state index contributed by atoms with van der Waals surface area (Å²) < 4.78 is 0. The summed E-state index contributed by atoms with van der Waals surface area (Å²) in [6.45, 7) is 5.19. The minimum atomic E-state index is -0.114. The summed E-state index contributed by atoms with van der Waals surface area (Å²) in [6, 6.07) is 13.8. The highest BCUT2D eigenvalue weighted by molar-refractivity contribution is 6.08. The van der Waals surface area contributed by atoms with Gasteiger partial charge in [-0.05, 0) is 18.4 Å². The highest BCUT2D eigenvalue weighted by atomic mass is 16.2. The number of fused-ring (bicyclic) bond motifs is 2. The first kappa shape index (κ1) is 18.0. The molecule has 0 radical (unpaired) electrons. The molecule has 144 valence electrons. The van der Waals surface area contributed by atoms with Gasteiger partial charge in [0.25, 0.3) is 0 Å². The summed E-state index contributed by atoms with van der Waals surface area (Å²) in [4.78, 5) is 28.6. The Kier molecular flexibility index (Phi) is 4.73. The number of anilines is 2. The zero-order valence-electron chi connectivity index (χ0n) is 16.0. The van der Waals surface area contributed by atoms with E-state index in [9.17, 15) is 9.59 Å². The van der Waals surface area contributed by atoms with Crippen molar-refractivity contribution in [3.63, 3.8) is 0 Å². The lowest BCUT2D eigenvalue weighted by Crippen LogP contribution is -2.36. The van der Waals surface area contributed by atoms with Gasteiger partial charge >= 0.3 is 6.03 Å². The number of nitrogens with one attached hydrogen (secondary N) is 2. The number of aromatic nitrogens is 2. The van der Waals surface area contributed by atoms with Crippen LogP contribution in [0.25, 0.3) is 10.8 Å². The van der Waals surface area contributed by atoms with Crippen LogP contribution in [0.5, 0.6) is 0 Å². The molecule has 1 aromatic heterocycles. The van der Waals surface area contributed by atoms with E-state index in [1.807, 2.05) is 56.3 Å². The number of nitrogens with zero attached hydrogens (tertiary/aromatic N) is 3. The first-order chi connectivity index (χ1) is 13.6. The second kappa shape index (κ2) is 7.34. The van der Waals surface area contributed by atoms with Gasteiger partial charge < -0.3 is 10.2 Å². The molecule has 4 rings (SSSR count). The number of aromatic amines is 1. The van der Waals surface area contributed by atoms with E-state index in [0.29, 0.717) is 31.9 Å². The topological polar surface area (TPSA) is 81.3 Å². The van der Waals surface area contributed by atoms with E-state index in [2.05, 4.69) is 15.5 Å². The van der Waals surface area contributed by atoms with Gasteiger partial charge in [0.2, 0.25) is 5.91 Å². The summed E-state index contributed by atoms with van der Waals surface area (Å²) >= 11 is 0. The maximum atomic E-state index is 13.0. The predicted molar refractivity (Wildman–Crippen MR) is 108 cm³/mol. The SMILES string of the molecule is CCNC(=O)N1Cc2[nH]nc(N(C(=O)CC)c3cccc4ccccc34)c2C1. The maximum Gasteiger partial charge on any atom is 0.318 e. The molecule has 0 aliphatic carbocycles. The highest BCUT2D eigenvalue weighted by Gasteiger charge is 2.32. The Bertz CT molecular complexity index is 1040. The number of urea groups is 1. The van der Waals surface area contributed by atoms with Crippen molar-refractivity contribution in [1.29, 1.82) is 0 Å². The molecule has 0 saturated carbocycles. The van der Waals surface area contributed by atoms with Crippen LogP contribution in [0.2, 0.25) is 0 Å². The van der Waals surface area contributed by atoms with E-state index in [1.165, 1.54) is 0 Å². The highest BCUT2D eigenvalue weighted by Crippen LogP contribution is 2.37. The molecule has 28 heavy (non-hydrogen) atoms. The van der Waals surface area contributed by atoms with Crippen LogP contribution in [0.3, 0.4) is 0 Å². The van der Waals surface area contributed by atoms with Crippen molar-refractivity contribution in [1.82, 2.24) is 20.4 Å². The Morgan fingerprint density at radius 3 is 2.71 bits per heavy atom. The van der Waals surface area contributed by atoms with Crippen LogP contribution in [-0.2, 0) is 17.9 Å². The van der Waals surface area contributed by atoms with E-state index < -0.39 is 0 Å². The summed E-state index contributed by atoms with van der Waals surface area (Å²) in [5.41, 5.74) is 2.56. The average Bonchev–Trinajstić information content (AvgIpc) is 3.30. The van der Waals surface area contributed by atoms with Crippen molar-refractivity contribution < 1.29 is 9.59 Å². The normalized spacial score (nSPS) is 12.9. The van der Waals surface area contributed by atoms with Gasteiger partial charge in [0, 0.05) is 23.9 Å². The lowest BCUT2D eigenvalue weighted by Gasteiger charge is -2.23. The van der Waals surface area contributed by atoms with Crippen molar-refractivity contribution in [2.24, 2.45) is 0 Å². The monoisotopic (exact) mass is 377 g/mol. The quantitative estimate of drug-likeness (QED) is 0.728. The predicted octanol–water partition coefficient (Wildman–Crippen LogP) is 3.68. The van der Waals surface area contributed by atoms with E-state index in [4.69, 9.17) is 0 Å². The molecular formula is C21H23N5O2. The fraction of sp³-hybridized carbons (Fsp3) is 0.286. The van der Waals surface area contributed by atoms with Gasteiger partial charge in [-0.25, -0.2) is 4.79 Å². The molecule has 3 amide bonds. The van der Waals surface area contributed by atoms with Gasteiger partial charge in [-0.3, -0.25) is 14.8 Å². The number of carbonyl (C=O) groups excluding carboxylic acids is 2. The van der Waals surface area contributed by atoms with Crippen LogP contribution in [0.1, 0.15) is 31.5 Å². The van der Waals surface area contributed by atoms with Crippen molar-refractivity contribution in [3.05, 3.63) is 53.7 Å². The van der Waals surface area contributed by atoms with Crippen molar-refractivity contribution in [2.75, 3.05) is 11.4 Å². The molecule has 2 heterocycles. The van der Waals surface area contributed by atoms with Crippen molar-refractivity contribution >= 4 is 34.2 Å². The van der Waals surface area contributed by atoms with Crippen molar-refractivity contribution in [3.8, 4) is 0 Å². The van der Waals surface area contributed by atoms with Crippen LogP contribution in [0.4, 0.5) is 16.3 Å². The number of rotatable bonds is 4. The Morgan fingerprint density at radius 2 is 1.93 bits per heavy atom. The Labute approximate surface area is 163 Å². The molecular weight excluding hydrogens is 354 g/mol. The number of amides is 3. The van der Waals surface area contributed by atoms with Gasteiger partial charge in [-0.1, -0.05) is 43.3 Å². The molecule has 1 aliphatic heterocycles. The first-order valence-corrected chi connectivity index (χ1v) is 9.53. The summed E-state index contributed by atoms with van der Waals surface area (Å²) in [5.74, 6) is 0.534. The lowest BCUT2D eigenvalue weighted by molar-refractivity contribution is -0.117. The van der Waals surface area contributed by atoms with E-state index in [1.54, 1.807) is 9.80 Å². The molecule has 0 bridgehead atoms. The summed E-state index contributed by atoms with van der Waals surface area (Å²) in [5, 5.41) is 12.3. The Hall–Kier alpha value is -3.35. The van der Waals surface area contributed by atoms with E-state index in [0.717, 1.165) is 27.7 Å². The zero-order chi connectivity index (χ0) is 19.7. The Balaban J connectivity index is 1.78. The molecule has 0 atom stereocenters.